The Bertz CT molecular complexity index is 470. The Hall–Kier alpha value is -1.62. The van der Waals surface area contributed by atoms with Gasteiger partial charge >= 0.3 is 0 Å². The van der Waals surface area contributed by atoms with E-state index in [-0.39, 0.29) is 23.8 Å². The first-order valence-electron chi connectivity index (χ1n) is 7.63. The molecule has 2 unspecified atom stereocenters. The van der Waals surface area contributed by atoms with Crippen molar-refractivity contribution in [3.63, 3.8) is 0 Å². The van der Waals surface area contributed by atoms with Gasteiger partial charge in [0.25, 0.3) is 0 Å². The van der Waals surface area contributed by atoms with E-state index in [0.29, 0.717) is 13.0 Å². The molecule has 1 aliphatic heterocycles. The number of amides is 1. The third-order valence-corrected chi connectivity index (χ3v) is 4.09. The summed E-state index contributed by atoms with van der Waals surface area (Å²) in [5, 5.41) is 2.90. The highest BCUT2D eigenvalue weighted by Crippen LogP contribution is 2.22. The van der Waals surface area contributed by atoms with Crippen LogP contribution in [0.2, 0.25) is 0 Å². The molecule has 1 amide bonds. The zero-order valence-electron chi connectivity index (χ0n) is 12.8. The summed E-state index contributed by atoms with van der Waals surface area (Å²) in [6, 6.07) is 3.62. The number of carbonyl (C=O) groups excluding carboxylic acids is 2. The lowest BCUT2D eigenvalue weighted by atomic mass is 9.96. The standard InChI is InChI=1S/C16H24N2O3/c1-12(19)10-14-6-3-4-8-18(14)13(2)16(20)17-11-15-7-5-9-21-15/h5,7,9,13-14H,3-4,6,8,10-11H2,1-2H3,(H,17,20). The molecule has 2 heterocycles. The predicted molar refractivity (Wildman–Crippen MR) is 79.7 cm³/mol. The molecule has 0 spiro atoms. The zero-order chi connectivity index (χ0) is 15.2. The van der Waals surface area contributed by atoms with Gasteiger partial charge in [0, 0.05) is 12.5 Å². The molecule has 1 N–H and O–H groups in total. The second-order valence-corrected chi connectivity index (χ2v) is 5.77. The van der Waals surface area contributed by atoms with Crippen LogP contribution in [-0.2, 0) is 16.1 Å². The second kappa shape index (κ2) is 7.41. The maximum Gasteiger partial charge on any atom is 0.237 e. The normalized spacial score (nSPS) is 21.0. The summed E-state index contributed by atoms with van der Waals surface area (Å²) in [6.07, 6.45) is 5.35. The van der Waals surface area contributed by atoms with Crippen molar-refractivity contribution in [1.29, 1.82) is 0 Å². The van der Waals surface area contributed by atoms with Crippen LogP contribution >= 0.6 is 0 Å². The molecule has 5 nitrogen and oxygen atoms in total. The number of piperidine rings is 1. The fourth-order valence-electron chi connectivity index (χ4n) is 2.97. The summed E-state index contributed by atoms with van der Waals surface area (Å²) in [6.45, 7) is 4.82. The number of nitrogens with one attached hydrogen (secondary N) is 1. The molecule has 21 heavy (non-hydrogen) atoms. The molecule has 2 atom stereocenters. The van der Waals surface area contributed by atoms with Crippen LogP contribution in [0, 0.1) is 0 Å². The largest absolute Gasteiger partial charge is 0.467 e. The highest BCUT2D eigenvalue weighted by atomic mass is 16.3. The lowest BCUT2D eigenvalue weighted by Gasteiger charge is -2.38. The molecule has 1 aliphatic rings. The van der Waals surface area contributed by atoms with Gasteiger partial charge in [-0.2, -0.15) is 0 Å². The first-order chi connectivity index (χ1) is 10.1. The minimum Gasteiger partial charge on any atom is -0.467 e. The lowest BCUT2D eigenvalue weighted by Crippen LogP contribution is -2.52. The highest BCUT2D eigenvalue weighted by molar-refractivity contribution is 5.81. The maximum absolute atomic E-state index is 12.3. The van der Waals surface area contributed by atoms with E-state index in [1.165, 1.54) is 0 Å². The van der Waals surface area contributed by atoms with E-state index in [1.54, 1.807) is 19.3 Å². The molecule has 116 valence electrons. The molecule has 2 rings (SSSR count). The van der Waals surface area contributed by atoms with E-state index in [0.717, 1.165) is 31.6 Å². The van der Waals surface area contributed by atoms with Gasteiger partial charge in [0.1, 0.15) is 11.5 Å². The van der Waals surface area contributed by atoms with E-state index in [4.69, 9.17) is 4.42 Å². The minimum absolute atomic E-state index is 0.0122. The minimum atomic E-state index is -0.218. The Morgan fingerprint density at radius 3 is 2.95 bits per heavy atom. The Morgan fingerprint density at radius 1 is 1.48 bits per heavy atom. The van der Waals surface area contributed by atoms with Gasteiger partial charge in [0.05, 0.1) is 18.8 Å². The molecule has 0 bridgehead atoms. The van der Waals surface area contributed by atoms with Gasteiger partial charge in [-0.1, -0.05) is 6.42 Å². The monoisotopic (exact) mass is 292 g/mol. The molecule has 1 aromatic rings. The number of Topliss-reactive ketones (excluding diaryl/α,β-unsaturated/α-hetero) is 1. The van der Waals surface area contributed by atoms with Crippen molar-refractivity contribution >= 4 is 11.7 Å². The summed E-state index contributed by atoms with van der Waals surface area (Å²) in [4.78, 5) is 25.8. The average Bonchev–Trinajstić information content (AvgIpc) is 2.97. The molecule has 1 fully saturated rings. The fourth-order valence-corrected chi connectivity index (χ4v) is 2.97. The molecular formula is C16H24N2O3. The van der Waals surface area contributed by atoms with E-state index in [9.17, 15) is 9.59 Å². The van der Waals surface area contributed by atoms with Crippen molar-refractivity contribution in [2.45, 2.75) is 58.2 Å². The third kappa shape index (κ3) is 4.43. The highest BCUT2D eigenvalue weighted by Gasteiger charge is 2.30. The molecule has 0 aliphatic carbocycles. The SMILES string of the molecule is CC(=O)CC1CCCCN1C(C)C(=O)NCc1ccco1. The molecule has 1 saturated heterocycles. The van der Waals surface area contributed by atoms with Crippen LogP contribution in [0.15, 0.2) is 22.8 Å². The van der Waals surface area contributed by atoms with Crippen molar-refractivity contribution in [3.05, 3.63) is 24.2 Å². The average molecular weight is 292 g/mol. The number of nitrogens with zero attached hydrogens (tertiary/aromatic N) is 1. The zero-order valence-corrected chi connectivity index (χ0v) is 12.8. The van der Waals surface area contributed by atoms with Crippen LogP contribution in [0.3, 0.4) is 0 Å². The van der Waals surface area contributed by atoms with Gasteiger partial charge in [-0.25, -0.2) is 0 Å². The Balaban J connectivity index is 1.90. The number of ketones is 1. The van der Waals surface area contributed by atoms with Crippen LogP contribution in [-0.4, -0.2) is 35.2 Å². The molecule has 0 saturated carbocycles. The first kappa shape index (κ1) is 15.8. The van der Waals surface area contributed by atoms with Crippen molar-refractivity contribution in [3.8, 4) is 0 Å². The van der Waals surface area contributed by atoms with Crippen LogP contribution < -0.4 is 5.32 Å². The number of rotatable bonds is 6. The lowest BCUT2D eigenvalue weighted by molar-refractivity contribution is -0.129. The molecule has 0 radical (unpaired) electrons. The molecular weight excluding hydrogens is 268 g/mol. The van der Waals surface area contributed by atoms with E-state index < -0.39 is 0 Å². The van der Waals surface area contributed by atoms with Crippen molar-refractivity contribution < 1.29 is 14.0 Å². The summed E-state index contributed by atoms with van der Waals surface area (Å²) < 4.78 is 5.21. The van der Waals surface area contributed by atoms with E-state index in [2.05, 4.69) is 10.2 Å². The van der Waals surface area contributed by atoms with Gasteiger partial charge in [-0.05, 0) is 45.4 Å². The van der Waals surface area contributed by atoms with Crippen molar-refractivity contribution in [2.75, 3.05) is 6.54 Å². The molecule has 0 aromatic carbocycles. The number of likely N-dealkylation sites (tertiary alicyclic amines) is 1. The van der Waals surface area contributed by atoms with Gasteiger partial charge in [-0.3, -0.25) is 14.5 Å². The Labute approximate surface area is 125 Å². The maximum atomic E-state index is 12.3. The second-order valence-electron chi connectivity index (χ2n) is 5.77. The van der Waals surface area contributed by atoms with Crippen LogP contribution in [0.1, 0.15) is 45.3 Å². The van der Waals surface area contributed by atoms with Crippen molar-refractivity contribution in [2.24, 2.45) is 0 Å². The number of hydrogen-bond donors (Lipinski definition) is 1. The summed E-state index contributed by atoms with van der Waals surface area (Å²) >= 11 is 0. The number of carbonyl (C=O) groups is 2. The van der Waals surface area contributed by atoms with Gasteiger partial charge < -0.3 is 9.73 Å². The smallest absolute Gasteiger partial charge is 0.237 e. The summed E-state index contributed by atoms with van der Waals surface area (Å²) in [5.41, 5.74) is 0. The number of furan rings is 1. The Morgan fingerprint density at radius 2 is 2.29 bits per heavy atom. The van der Waals surface area contributed by atoms with Crippen molar-refractivity contribution in [1.82, 2.24) is 10.2 Å². The van der Waals surface area contributed by atoms with E-state index in [1.807, 2.05) is 13.0 Å². The summed E-state index contributed by atoms with van der Waals surface area (Å²) in [7, 11) is 0. The third-order valence-electron chi connectivity index (χ3n) is 4.09. The van der Waals surface area contributed by atoms with Crippen LogP contribution in [0.5, 0.6) is 0 Å². The Kier molecular flexibility index (Phi) is 5.56. The molecule has 5 heteroatoms. The fraction of sp³-hybridized carbons (Fsp3) is 0.625. The molecule has 1 aromatic heterocycles. The van der Waals surface area contributed by atoms with Crippen LogP contribution in [0.25, 0.3) is 0 Å². The predicted octanol–water partition coefficient (Wildman–Crippen LogP) is 2.12. The topological polar surface area (TPSA) is 62.6 Å². The number of hydrogen-bond acceptors (Lipinski definition) is 4. The van der Waals surface area contributed by atoms with E-state index >= 15 is 0 Å². The van der Waals surface area contributed by atoms with Gasteiger partial charge in [-0.15, -0.1) is 0 Å². The summed E-state index contributed by atoms with van der Waals surface area (Å²) in [5.74, 6) is 0.923. The quantitative estimate of drug-likeness (QED) is 0.872. The van der Waals surface area contributed by atoms with Gasteiger partial charge in [0.15, 0.2) is 0 Å². The first-order valence-corrected chi connectivity index (χ1v) is 7.63. The van der Waals surface area contributed by atoms with Gasteiger partial charge in [0.2, 0.25) is 5.91 Å². The van der Waals surface area contributed by atoms with Crippen LogP contribution in [0.4, 0.5) is 0 Å².